The molecule has 39 heavy (non-hydrogen) atoms. The molecular weight excluding hydrogens is 474 g/mol. The lowest BCUT2D eigenvalue weighted by atomic mass is 10.0. The molecule has 0 fully saturated rings. The van der Waals surface area contributed by atoms with Gasteiger partial charge in [-0.15, -0.1) is 0 Å². The van der Waals surface area contributed by atoms with Crippen molar-refractivity contribution in [2.45, 2.75) is 219 Å². The molecule has 0 unspecified atom stereocenters. The van der Waals surface area contributed by atoms with E-state index in [4.69, 9.17) is 0 Å². The first-order chi connectivity index (χ1) is 19.1. The van der Waals surface area contributed by atoms with E-state index in [2.05, 4.69) is 13.8 Å². The minimum Gasteiger partial charge on any atom is -0.217 e. The van der Waals surface area contributed by atoms with Gasteiger partial charge >= 0.3 is 0 Å². The van der Waals surface area contributed by atoms with Crippen LogP contribution in [0.25, 0.3) is 0 Å². The summed E-state index contributed by atoms with van der Waals surface area (Å²) in [5.41, 5.74) is 0. The van der Waals surface area contributed by atoms with Crippen LogP contribution in [0.15, 0.2) is 0 Å². The van der Waals surface area contributed by atoms with E-state index in [1.807, 2.05) is 7.05 Å². The first-order valence-electron chi connectivity index (χ1n) is 18.7. The molecule has 0 heterocycles. The quantitative estimate of drug-likeness (QED) is 0.0478. The smallest absolute Gasteiger partial charge is 0.108 e. The van der Waals surface area contributed by atoms with Gasteiger partial charge in [-0.05, 0) is 25.7 Å². The number of unbranched alkanes of at least 4 members (excludes halogenated alkanes) is 30. The van der Waals surface area contributed by atoms with E-state index in [-0.39, 0.29) is 4.65 Å². The Bertz CT molecular complexity index is 397. The fraction of sp³-hybridized carbons (Fsp3) is 1.00. The van der Waals surface area contributed by atoms with Gasteiger partial charge in [-0.2, -0.15) is 4.65 Å². The maximum atomic E-state index is 10.7. The zero-order valence-corrected chi connectivity index (χ0v) is 27.9. The van der Waals surface area contributed by atoms with Gasteiger partial charge in [0.1, 0.15) is 13.1 Å². The predicted molar refractivity (Wildman–Crippen MR) is 177 cm³/mol. The summed E-state index contributed by atoms with van der Waals surface area (Å²) >= 11 is 0. The maximum absolute atomic E-state index is 10.7. The van der Waals surface area contributed by atoms with Crippen LogP contribution in [0.1, 0.15) is 219 Å². The molecule has 236 valence electrons. The topological polar surface area (TPSA) is 20.2 Å². The molecule has 0 aromatic rings. The molecule has 0 saturated heterocycles. The van der Waals surface area contributed by atoms with Crippen molar-refractivity contribution in [3.8, 4) is 0 Å². The molecule has 1 N–H and O–H groups in total. The molecule has 0 amide bonds. The van der Waals surface area contributed by atoms with Crippen LogP contribution in [-0.2, 0) is 0 Å². The van der Waals surface area contributed by atoms with Crippen molar-refractivity contribution in [2.75, 3.05) is 20.1 Å². The highest BCUT2D eigenvalue weighted by molar-refractivity contribution is 4.52. The minimum atomic E-state index is 0.247. The molecule has 0 bridgehead atoms. The number of nitrogens with zero attached hydrogens (tertiary/aromatic N) is 1. The Morgan fingerprint density at radius 2 is 0.436 bits per heavy atom. The molecular formula is C37H78NO+. The average Bonchev–Trinajstić information content (AvgIpc) is 2.92. The monoisotopic (exact) mass is 553 g/mol. The van der Waals surface area contributed by atoms with Crippen molar-refractivity contribution in [3.63, 3.8) is 0 Å². The van der Waals surface area contributed by atoms with Gasteiger partial charge in [-0.1, -0.05) is 194 Å². The predicted octanol–water partition coefficient (Wildman–Crippen LogP) is 13.3. The van der Waals surface area contributed by atoms with E-state index >= 15 is 0 Å². The summed E-state index contributed by atoms with van der Waals surface area (Å²) < 4.78 is 0.247. The highest BCUT2D eigenvalue weighted by Gasteiger charge is 2.17. The summed E-state index contributed by atoms with van der Waals surface area (Å²) in [6, 6.07) is 0. The molecule has 2 nitrogen and oxygen atoms in total. The average molecular weight is 553 g/mol. The Hall–Kier alpha value is -0.0800. The van der Waals surface area contributed by atoms with Gasteiger partial charge in [0.25, 0.3) is 0 Å². The Kier molecular flexibility index (Phi) is 32.4. The van der Waals surface area contributed by atoms with Crippen LogP contribution in [0.3, 0.4) is 0 Å². The summed E-state index contributed by atoms with van der Waals surface area (Å²) in [5.74, 6) is 0. The van der Waals surface area contributed by atoms with Crippen LogP contribution in [0.4, 0.5) is 0 Å². The van der Waals surface area contributed by atoms with Gasteiger partial charge in [0.15, 0.2) is 0 Å². The third-order valence-electron chi connectivity index (χ3n) is 8.99. The first kappa shape index (κ1) is 38.9. The third-order valence-corrected chi connectivity index (χ3v) is 8.99. The van der Waals surface area contributed by atoms with Crippen molar-refractivity contribution >= 4 is 0 Å². The van der Waals surface area contributed by atoms with Crippen LogP contribution >= 0.6 is 0 Å². The lowest BCUT2D eigenvalue weighted by Gasteiger charge is -2.25. The van der Waals surface area contributed by atoms with Gasteiger partial charge in [0, 0.05) is 0 Å². The van der Waals surface area contributed by atoms with Crippen molar-refractivity contribution in [2.24, 2.45) is 0 Å². The zero-order chi connectivity index (χ0) is 28.5. The van der Waals surface area contributed by atoms with Gasteiger partial charge in [-0.25, -0.2) is 5.21 Å². The molecule has 0 saturated carbocycles. The standard InChI is InChI=1S/C37H78NO/c1-4-6-8-10-12-14-16-18-20-22-24-26-28-30-32-34-36-38(3,39)37-35-33-31-29-27-25-23-21-19-17-15-13-11-9-7-5-2/h39H,4-37H2,1-3H3/q+1. The summed E-state index contributed by atoms with van der Waals surface area (Å²) in [6.07, 6.45) is 45.1. The summed E-state index contributed by atoms with van der Waals surface area (Å²) in [6.45, 7) is 6.48. The zero-order valence-electron chi connectivity index (χ0n) is 27.9. The van der Waals surface area contributed by atoms with E-state index in [1.54, 1.807) is 0 Å². The molecule has 0 spiro atoms. The second-order valence-electron chi connectivity index (χ2n) is 13.4. The molecule has 0 aromatic heterocycles. The van der Waals surface area contributed by atoms with Crippen LogP contribution in [0, 0.1) is 0 Å². The molecule has 0 rings (SSSR count). The van der Waals surface area contributed by atoms with Gasteiger partial charge < -0.3 is 0 Å². The van der Waals surface area contributed by atoms with E-state index < -0.39 is 0 Å². The van der Waals surface area contributed by atoms with Crippen molar-refractivity contribution < 1.29 is 9.85 Å². The number of hydrogen-bond acceptors (Lipinski definition) is 1. The fourth-order valence-electron chi connectivity index (χ4n) is 6.11. The van der Waals surface area contributed by atoms with E-state index in [9.17, 15) is 5.21 Å². The largest absolute Gasteiger partial charge is 0.217 e. The summed E-state index contributed by atoms with van der Waals surface area (Å²) in [7, 11) is 2.02. The molecule has 0 atom stereocenters. The lowest BCUT2D eigenvalue weighted by molar-refractivity contribution is -1.09. The van der Waals surface area contributed by atoms with Crippen LogP contribution in [-0.4, -0.2) is 30.0 Å². The normalized spacial score (nSPS) is 12.0. The highest BCUT2D eigenvalue weighted by atomic mass is 16.5. The van der Waals surface area contributed by atoms with Crippen LogP contribution in [0.5, 0.6) is 0 Å². The molecule has 2 heteroatoms. The Morgan fingerprint density at radius 3 is 0.615 bits per heavy atom. The fourth-order valence-corrected chi connectivity index (χ4v) is 6.11. The van der Waals surface area contributed by atoms with Crippen LogP contribution < -0.4 is 0 Å². The number of hydroxylamine groups is 3. The number of hydrogen-bond donors (Lipinski definition) is 1. The maximum Gasteiger partial charge on any atom is 0.108 e. The highest BCUT2D eigenvalue weighted by Crippen LogP contribution is 2.16. The molecule has 0 aliphatic rings. The van der Waals surface area contributed by atoms with E-state index in [0.717, 1.165) is 13.1 Å². The van der Waals surface area contributed by atoms with Gasteiger partial charge in [0.2, 0.25) is 0 Å². The minimum absolute atomic E-state index is 0.247. The van der Waals surface area contributed by atoms with E-state index in [0.29, 0.717) is 0 Å². The van der Waals surface area contributed by atoms with Crippen molar-refractivity contribution in [1.29, 1.82) is 0 Å². The summed E-state index contributed by atoms with van der Waals surface area (Å²) in [4.78, 5) is 0. The second-order valence-corrected chi connectivity index (χ2v) is 13.4. The summed E-state index contributed by atoms with van der Waals surface area (Å²) in [5, 5.41) is 10.7. The number of quaternary nitrogens is 1. The van der Waals surface area contributed by atoms with Crippen LogP contribution in [0.2, 0.25) is 0 Å². The van der Waals surface area contributed by atoms with Crippen molar-refractivity contribution in [3.05, 3.63) is 0 Å². The first-order valence-corrected chi connectivity index (χ1v) is 18.7. The van der Waals surface area contributed by atoms with Gasteiger partial charge in [0.05, 0.1) is 7.05 Å². The lowest BCUT2D eigenvalue weighted by Crippen LogP contribution is -2.41. The second kappa shape index (κ2) is 32.4. The molecule has 0 aromatic carbocycles. The Labute approximate surface area is 249 Å². The Morgan fingerprint density at radius 1 is 0.282 bits per heavy atom. The number of rotatable bonds is 34. The molecule has 0 aliphatic carbocycles. The van der Waals surface area contributed by atoms with E-state index in [1.165, 1.54) is 205 Å². The molecule has 0 aliphatic heterocycles. The van der Waals surface area contributed by atoms with Crippen molar-refractivity contribution in [1.82, 2.24) is 0 Å². The third kappa shape index (κ3) is 34.0. The Balaban J connectivity index is 3.26. The molecule has 0 radical (unpaired) electrons. The van der Waals surface area contributed by atoms with Gasteiger partial charge in [-0.3, -0.25) is 0 Å². The SMILES string of the molecule is CCCCCCCCCCCCCCCCCC[N+](C)(O)CCCCCCCCCCCCCCCCCC.